The average Bonchev–Trinajstić information content (AvgIpc) is 2.61. The number of halogens is 1. The third-order valence-electron chi connectivity index (χ3n) is 6.39. The Bertz CT molecular complexity index is 445. The number of thioether (sulfide) groups is 1. The lowest BCUT2D eigenvalue weighted by Gasteiger charge is -2.47. The molecule has 0 aliphatic carbocycles. The first-order valence-corrected chi connectivity index (χ1v) is 11.3. The normalized spacial score (nSPS) is 31.8. The van der Waals surface area contributed by atoms with Gasteiger partial charge in [-0.25, -0.2) is 0 Å². The average molecular weight is 497 g/mol. The molecule has 152 valence electrons. The lowest BCUT2D eigenvalue weighted by atomic mass is 9.82. The van der Waals surface area contributed by atoms with E-state index in [0.29, 0.717) is 6.04 Å². The predicted octanol–water partition coefficient (Wildman–Crippen LogP) is 3.09. The van der Waals surface area contributed by atoms with Crippen molar-refractivity contribution in [1.82, 2.24) is 15.5 Å². The quantitative estimate of drug-likeness (QED) is 0.348. The molecule has 0 aromatic rings. The van der Waals surface area contributed by atoms with Crippen molar-refractivity contribution in [3.05, 3.63) is 0 Å². The van der Waals surface area contributed by atoms with Gasteiger partial charge in [0.15, 0.2) is 5.96 Å². The summed E-state index contributed by atoms with van der Waals surface area (Å²) in [5.41, 5.74) is 0. The number of nitrogens with one attached hydrogen (secondary N) is 2. The second-order valence-electron chi connectivity index (χ2n) is 7.91. The van der Waals surface area contributed by atoms with Crippen molar-refractivity contribution in [2.75, 3.05) is 39.6 Å². The van der Waals surface area contributed by atoms with E-state index in [2.05, 4.69) is 35.8 Å². The summed E-state index contributed by atoms with van der Waals surface area (Å²) in [6, 6.07) is 2.06. The Hall–Kier alpha value is 0.270. The molecular formula is C19H37IN4OS. The van der Waals surface area contributed by atoms with Crippen LogP contribution in [-0.4, -0.2) is 73.3 Å². The number of aliphatic imine (C=N–C) groups is 1. The van der Waals surface area contributed by atoms with Gasteiger partial charge >= 0.3 is 0 Å². The third-order valence-corrected chi connectivity index (χ3v) is 7.79. The minimum absolute atomic E-state index is 0. The summed E-state index contributed by atoms with van der Waals surface area (Å²) in [5.74, 6) is 1.01. The SMILES string of the molecule is CCNC(=NCC1(SC)CCOCC1)NC1CC2CCCC(C1)N2C.I. The number of ether oxygens (including phenoxy) is 1. The monoisotopic (exact) mass is 496 g/mol. The summed E-state index contributed by atoms with van der Waals surface area (Å²) in [4.78, 5) is 7.61. The van der Waals surface area contributed by atoms with Crippen molar-refractivity contribution < 1.29 is 4.74 Å². The molecule has 3 rings (SSSR count). The zero-order chi connectivity index (χ0) is 17.7. The van der Waals surface area contributed by atoms with Crippen LogP contribution in [0, 0.1) is 0 Å². The zero-order valence-electron chi connectivity index (χ0n) is 16.6. The number of nitrogens with zero attached hydrogens (tertiary/aromatic N) is 2. The van der Waals surface area contributed by atoms with Crippen molar-refractivity contribution >= 4 is 41.7 Å². The molecule has 0 saturated carbocycles. The summed E-state index contributed by atoms with van der Waals surface area (Å²) in [6.07, 6.45) is 11.0. The molecule has 3 aliphatic heterocycles. The molecule has 0 spiro atoms. The first kappa shape index (κ1) is 22.6. The van der Waals surface area contributed by atoms with Crippen LogP contribution in [0.4, 0.5) is 0 Å². The lowest BCUT2D eigenvalue weighted by molar-refractivity contribution is 0.0526. The van der Waals surface area contributed by atoms with E-state index in [-0.39, 0.29) is 28.7 Å². The van der Waals surface area contributed by atoms with Crippen molar-refractivity contribution in [3.63, 3.8) is 0 Å². The topological polar surface area (TPSA) is 48.9 Å². The van der Waals surface area contributed by atoms with Gasteiger partial charge in [-0.15, -0.1) is 24.0 Å². The van der Waals surface area contributed by atoms with E-state index in [0.717, 1.165) is 57.2 Å². The van der Waals surface area contributed by atoms with Crippen LogP contribution in [0.25, 0.3) is 0 Å². The molecule has 0 radical (unpaired) electrons. The van der Waals surface area contributed by atoms with Gasteiger partial charge in [0.05, 0.1) is 6.54 Å². The fourth-order valence-corrected chi connectivity index (χ4v) is 5.41. The number of hydrogen-bond acceptors (Lipinski definition) is 4. The van der Waals surface area contributed by atoms with Crippen LogP contribution in [0.2, 0.25) is 0 Å². The van der Waals surface area contributed by atoms with E-state index in [1.807, 2.05) is 11.8 Å². The van der Waals surface area contributed by atoms with Crippen LogP contribution in [0.1, 0.15) is 51.9 Å². The Morgan fingerprint density at radius 1 is 1.23 bits per heavy atom. The largest absolute Gasteiger partial charge is 0.381 e. The van der Waals surface area contributed by atoms with Gasteiger partial charge in [-0.2, -0.15) is 11.8 Å². The predicted molar refractivity (Wildman–Crippen MR) is 123 cm³/mol. The van der Waals surface area contributed by atoms with Gasteiger partial charge in [-0.3, -0.25) is 4.99 Å². The van der Waals surface area contributed by atoms with Crippen molar-refractivity contribution in [2.45, 2.75) is 74.7 Å². The number of fused-ring (bicyclic) bond motifs is 2. The molecule has 3 saturated heterocycles. The number of piperidine rings is 2. The second-order valence-corrected chi connectivity index (χ2v) is 9.19. The molecule has 26 heavy (non-hydrogen) atoms. The highest BCUT2D eigenvalue weighted by atomic mass is 127. The number of hydrogen-bond donors (Lipinski definition) is 2. The Morgan fingerprint density at radius 3 is 2.46 bits per heavy atom. The Kier molecular flexibility index (Phi) is 9.30. The van der Waals surface area contributed by atoms with Gasteiger partial charge in [0.25, 0.3) is 0 Å². The minimum atomic E-state index is 0. The summed E-state index contributed by atoms with van der Waals surface area (Å²) in [5, 5.41) is 7.23. The van der Waals surface area contributed by atoms with Crippen LogP contribution in [0.3, 0.4) is 0 Å². The van der Waals surface area contributed by atoms with E-state index in [4.69, 9.17) is 9.73 Å². The van der Waals surface area contributed by atoms with Gasteiger partial charge in [-0.1, -0.05) is 6.42 Å². The van der Waals surface area contributed by atoms with E-state index < -0.39 is 0 Å². The van der Waals surface area contributed by atoms with Crippen LogP contribution in [0.5, 0.6) is 0 Å². The molecule has 2 N–H and O–H groups in total. The van der Waals surface area contributed by atoms with E-state index in [9.17, 15) is 0 Å². The molecule has 0 aromatic heterocycles. The molecule has 7 heteroatoms. The molecule has 3 heterocycles. The number of guanidine groups is 1. The fourth-order valence-electron chi connectivity index (χ4n) is 4.64. The minimum Gasteiger partial charge on any atom is -0.381 e. The number of rotatable bonds is 5. The van der Waals surface area contributed by atoms with Crippen molar-refractivity contribution in [1.29, 1.82) is 0 Å². The van der Waals surface area contributed by atoms with Gasteiger partial charge in [0.1, 0.15) is 0 Å². The molecular weight excluding hydrogens is 459 g/mol. The lowest BCUT2D eigenvalue weighted by Crippen LogP contribution is -2.56. The van der Waals surface area contributed by atoms with Crippen LogP contribution >= 0.6 is 35.7 Å². The standard InChI is InChI=1S/C19H36N4OS.HI/c1-4-20-18(21-14-19(25-3)8-10-24-11-9-19)22-15-12-16-6-5-7-17(13-15)23(16)2;/h15-17H,4-14H2,1-3H3,(H2,20,21,22);1H. The van der Waals surface area contributed by atoms with Crippen LogP contribution in [-0.2, 0) is 4.74 Å². The summed E-state index contributed by atoms with van der Waals surface area (Å²) in [6.45, 7) is 5.70. The molecule has 3 aliphatic rings. The Labute approximate surface area is 180 Å². The molecule has 3 fully saturated rings. The summed E-state index contributed by atoms with van der Waals surface area (Å²) in [7, 11) is 2.32. The Morgan fingerprint density at radius 2 is 1.88 bits per heavy atom. The van der Waals surface area contributed by atoms with Crippen LogP contribution in [0.15, 0.2) is 4.99 Å². The Balaban J connectivity index is 0.00000243. The van der Waals surface area contributed by atoms with Crippen LogP contribution < -0.4 is 10.6 Å². The highest BCUT2D eigenvalue weighted by Crippen LogP contribution is 2.34. The maximum absolute atomic E-state index is 5.56. The van der Waals surface area contributed by atoms with Gasteiger partial charge in [0, 0.05) is 42.6 Å². The molecule has 5 nitrogen and oxygen atoms in total. The van der Waals surface area contributed by atoms with E-state index >= 15 is 0 Å². The van der Waals surface area contributed by atoms with Crippen molar-refractivity contribution in [3.8, 4) is 0 Å². The maximum atomic E-state index is 5.56. The molecule has 0 amide bonds. The van der Waals surface area contributed by atoms with E-state index in [1.165, 1.54) is 32.1 Å². The van der Waals surface area contributed by atoms with E-state index in [1.54, 1.807) is 0 Å². The molecule has 2 atom stereocenters. The van der Waals surface area contributed by atoms with Gasteiger partial charge in [-0.05, 0) is 58.8 Å². The fraction of sp³-hybridized carbons (Fsp3) is 0.947. The smallest absolute Gasteiger partial charge is 0.191 e. The highest BCUT2D eigenvalue weighted by Gasteiger charge is 2.36. The van der Waals surface area contributed by atoms with Gasteiger partial charge < -0.3 is 20.3 Å². The summed E-state index contributed by atoms with van der Waals surface area (Å²) >= 11 is 1.96. The first-order valence-electron chi connectivity index (χ1n) is 10.1. The maximum Gasteiger partial charge on any atom is 0.191 e. The molecule has 2 unspecified atom stereocenters. The highest BCUT2D eigenvalue weighted by molar-refractivity contribution is 14.0. The second kappa shape index (κ2) is 10.7. The zero-order valence-corrected chi connectivity index (χ0v) is 19.8. The van der Waals surface area contributed by atoms with Gasteiger partial charge in [0.2, 0.25) is 0 Å². The molecule has 2 bridgehead atoms. The summed E-state index contributed by atoms with van der Waals surface area (Å²) < 4.78 is 5.81. The molecule has 0 aromatic carbocycles. The van der Waals surface area contributed by atoms with Crippen molar-refractivity contribution in [2.24, 2.45) is 4.99 Å². The third kappa shape index (κ3) is 5.64. The first-order chi connectivity index (χ1) is 12.2.